The number of halogens is 1. The fraction of sp³-hybridized carbons (Fsp3) is 0.571. The van der Waals surface area contributed by atoms with Gasteiger partial charge in [-0.15, -0.1) is 0 Å². The van der Waals surface area contributed by atoms with E-state index >= 15 is 0 Å². The average molecular weight is 254 g/mol. The lowest BCUT2D eigenvalue weighted by Gasteiger charge is -2.18. The molecule has 0 bridgehead atoms. The number of hydrogen-bond acceptors (Lipinski definition) is 2. The Morgan fingerprint density at radius 1 is 1.29 bits per heavy atom. The van der Waals surface area contributed by atoms with Crippen molar-refractivity contribution in [2.24, 2.45) is 5.73 Å². The number of rotatable bonds is 2. The van der Waals surface area contributed by atoms with Crippen molar-refractivity contribution < 1.29 is 4.74 Å². The second-order valence-corrected chi connectivity index (χ2v) is 5.28. The topological polar surface area (TPSA) is 35.2 Å². The summed E-state index contributed by atoms with van der Waals surface area (Å²) in [6.45, 7) is 0. The maximum Gasteiger partial charge on any atom is 0.137 e. The molecule has 2 unspecified atom stereocenters. The third-order valence-corrected chi connectivity index (χ3v) is 3.92. The van der Waals surface area contributed by atoms with Crippen LogP contribution in [0, 0.1) is 0 Å². The maximum atomic E-state index is 6.11. The van der Waals surface area contributed by atoms with E-state index in [0.717, 1.165) is 18.6 Å². The lowest BCUT2D eigenvalue weighted by atomic mass is 9.90. The highest BCUT2D eigenvalue weighted by Crippen LogP contribution is 2.35. The Balaban J connectivity index is 2.20. The zero-order valence-corrected chi connectivity index (χ0v) is 11.0. The molecule has 0 spiro atoms. The van der Waals surface area contributed by atoms with Gasteiger partial charge in [0.25, 0.3) is 0 Å². The fourth-order valence-corrected chi connectivity index (χ4v) is 2.83. The molecule has 2 nitrogen and oxygen atoms in total. The van der Waals surface area contributed by atoms with Gasteiger partial charge in [-0.3, -0.25) is 0 Å². The minimum Gasteiger partial charge on any atom is -0.495 e. The third-order valence-electron chi connectivity index (χ3n) is 3.61. The second kappa shape index (κ2) is 5.74. The Bertz CT molecular complexity index is 380. The van der Waals surface area contributed by atoms with Gasteiger partial charge in [0, 0.05) is 6.04 Å². The van der Waals surface area contributed by atoms with Gasteiger partial charge < -0.3 is 10.5 Å². The standard InChI is InChI=1S/C14H20ClNO/c1-17-14-9-11(6-7-13(14)15)10-4-2-3-5-12(16)8-10/h6-7,9-10,12H,2-5,8,16H2,1H3. The molecule has 0 amide bonds. The summed E-state index contributed by atoms with van der Waals surface area (Å²) in [4.78, 5) is 0. The predicted molar refractivity (Wildman–Crippen MR) is 71.8 cm³/mol. The normalized spacial score (nSPS) is 25.4. The van der Waals surface area contributed by atoms with Crippen molar-refractivity contribution in [3.8, 4) is 5.75 Å². The lowest BCUT2D eigenvalue weighted by molar-refractivity contribution is 0.413. The molecule has 1 saturated carbocycles. The van der Waals surface area contributed by atoms with Crippen molar-refractivity contribution in [1.29, 1.82) is 0 Å². The molecule has 0 aromatic heterocycles. The van der Waals surface area contributed by atoms with Crippen molar-refractivity contribution in [1.82, 2.24) is 0 Å². The summed E-state index contributed by atoms with van der Waals surface area (Å²) in [5.41, 5.74) is 7.41. The van der Waals surface area contributed by atoms with Gasteiger partial charge in [0.05, 0.1) is 12.1 Å². The SMILES string of the molecule is COc1cc(C2CCCCC(N)C2)ccc1Cl. The van der Waals surface area contributed by atoms with Crippen LogP contribution in [0.3, 0.4) is 0 Å². The van der Waals surface area contributed by atoms with E-state index < -0.39 is 0 Å². The molecule has 3 heteroatoms. The van der Waals surface area contributed by atoms with Crippen LogP contribution in [-0.4, -0.2) is 13.2 Å². The average Bonchev–Trinajstić information content (AvgIpc) is 2.54. The van der Waals surface area contributed by atoms with E-state index in [4.69, 9.17) is 22.1 Å². The summed E-state index contributed by atoms with van der Waals surface area (Å²) in [5.74, 6) is 1.32. The van der Waals surface area contributed by atoms with Crippen LogP contribution in [0.2, 0.25) is 5.02 Å². The van der Waals surface area contributed by atoms with E-state index in [1.807, 2.05) is 6.07 Å². The van der Waals surface area contributed by atoms with Gasteiger partial charge in [0.1, 0.15) is 5.75 Å². The fourth-order valence-electron chi connectivity index (χ4n) is 2.63. The third kappa shape index (κ3) is 3.14. The Labute approximate surface area is 108 Å². The Morgan fingerprint density at radius 3 is 2.82 bits per heavy atom. The van der Waals surface area contributed by atoms with Gasteiger partial charge in [-0.2, -0.15) is 0 Å². The predicted octanol–water partition coefficient (Wildman–Crippen LogP) is 3.72. The van der Waals surface area contributed by atoms with Crippen molar-refractivity contribution in [3.05, 3.63) is 28.8 Å². The van der Waals surface area contributed by atoms with Gasteiger partial charge in [-0.25, -0.2) is 0 Å². The molecule has 2 atom stereocenters. The molecule has 1 aromatic carbocycles. The van der Waals surface area contributed by atoms with E-state index in [2.05, 4.69) is 12.1 Å². The van der Waals surface area contributed by atoms with Gasteiger partial charge in [-0.05, 0) is 42.9 Å². The van der Waals surface area contributed by atoms with Crippen LogP contribution in [0.1, 0.15) is 43.6 Å². The van der Waals surface area contributed by atoms with Crippen LogP contribution in [0.4, 0.5) is 0 Å². The smallest absolute Gasteiger partial charge is 0.137 e. The maximum absolute atomic E-state index is 6.11. The molecule has 0 saturated heterocycles. The molecule has 0 radical (unpaired) electrons. The van der Waals surface area contributed by atoms with Crippen LogP contribution < -0.4 is 10.5 Å². The first-order valence-electron chi connectivity index (χ1n) is 6.29. The van der Waals surface area contributed by atoms with Crippen LogP contribution in [0.25, 0.3) is 0 Å². The first kappa shape index (κ1) is 12.7. The molecule has 94 valence electrons. The van der Waals surface area contributed by atoms with Crippen molar-refractivity contribution in [3.63, 3.8) is 0 Å². The number of benzene rings is 1. The highest BCUT2D eigenvalue weighted by Gasteiger charge is 2.19. The molecule has 2 rings (SSSR count). The molecular weight excluding hydrogens is 234 g/mol. The zero-order valence-electron chi connectivity index (χ0n) is 10.3. The summed E-state index contributed by atoms with van der Waals surface area (Å²) in [6.07, 6.45) is 5.97. The molecule has 17 heavy (non-hydrogen) atoms. The summed E-state index contributed by atoms with van der Waals surface area (Å²) in [6, 6.07) is 6.43. The van der Waals surface area contributed by atoms with Crippen LogP contribution >= 0.6 is 11.6 Å². The van der Waals surface area contributed by atoms with E-state index in [1.165, 1.54) is 24.8 Å². The van der Waals surface area contributed by atoms with Crippen LogP contribution in [-0.2, 0) is 0 Å². The summed E-state index contributed by atoms with van der Waals surface area (Å²) in [5, 5.41) is 0.675. The molecule has 1 aliphatic rings. The van der Waals surface area contributed by atoms with Gasteiger partial charge in [0.2, 0.25) is 0 Å². The summed E-state index contributed by atoms with van der Waals surface area (Å²) in [7, 11) is 1.66. The van der Waals surface area contributed by atoms with Gasteiger partial charge in [0.15, 0.2) is 0 Å². The minimum absolute atomic E-state index is 0.337. The number of ether oxygens (including phenoxy) is 1. The minimum atomic E-state index is 0.337. The molecule has 2 N–H and O–H groups in total. The first-order chi connectivity index (χ1) is 8.20. The molecular formula is C14H20ClNO. The highest BCUT2D eigenvalue weighted by molar-refractivity contribution is 6.32. The number of methoxy groups -OCH3 is 1. The van der Waals surface area contributed by atoms with Crippen LogP contribution in [0.15, 0.2) is 18.2 Å². The van der Waals surface area contributed by atoms with E-state index in [-0.39, 0.29) is 0 Å². The Morgan fingerprint density at radius 2 is 2.06 bits per heavy atom. The zero-order chi connectivity index (χ0) is 12.3. The number of hydrogen-bond donors (Lipinski definition) is 1. The van der Waals surface area contributed by atoms with Gasteiger partial charge in [-0.1, -0.05) is 30.5 Å². The quantitative estimate of drug-likeness (QED) is 0.816. The Hall–Kier alpha value is -0.730. The molecule has 0 aliphatic heterocycles. The molecule has 1 aliphatic carbocycles. The highest BCUT2D eigenvalue weighted by atomic mass is 35.5. The summed E-state index contributed by atoms with van der Waals surface area (Å²) >= 11 is 6.05. The van der Waals surface area contributed by atoms with Crippen molar-refractivity contribution >= 4 is 11.6 Å². The number of nitrogens with two attached hydrogens (primary N) is 1. The van der Waals surface area contributed by atoms with E-state index in [1.54, 1.807) is 7.11 Å². The van der Waals surface area contributed by atoms with Crippen molar-refractivity contribution in [2.75, 3.05) is 7.11 Å². The molecule has 1 fully saturated rings. The second-order valence-electron chi connectivity index (χ2n) is 4.87. The van der Waals surface area contributed by atoms with Crippen LogP contribution in [0.5, 0.6) is 5.75 Å². The van der Waals surface area contributed by atoms with E-state index in [0.29, 0.717) is 17.0 Å². The monoisotopic (exact) mass is 253 g/mol. The van der Waals surface area contributed by atoms with Crippen molar-refractivity contribution in [2.45, 2.75) is 44.1 Å². The lowest BCUT2D eigenvalue weighted by Crippen LogP contribution is -2.20. The van der Waals surface area contributed by atoms with E-state index in [9.17, 15) is 0 Å². The largest absolute Gasteiger partial charge is 0.495 e. The first-order valence-corrected chi connectivity index (χ1v) is 6.67. The van der Waals surface area contributed by atoms with Gasteiger partial charge >= 0.3 is 0 Å². The summed E-state index contributed by atoms with van der Waals surface area (Å²) < 4.78 is 5.27. The molecule has 1 aromatic rings. The Kier molecular flexibility index (Phi) is 4.30. The molecule has 0 heterocycles.